The van der Waals surface area contributed by atoms with Gasteiger partial charge in [-0.25, -0.2) is 4.98 Å². The number of fused-ring (bicyclic) bond motifs is 1. The van der Waals surface area contributed by atoms with Gasteiger partial charge in [0.1, 0.15) is 5.82 Å². The predicted octanol–water partition coefficient (Wildman–Crippen LogP) is 7.83. The molecule has 0 aliphatic heterocycles. The summed E-state index contributed by atoms with van der Waals surface area (Å²) in [5.41, 5.74) is 5.63. The number of benzene rings is 1. The van der Waals surface area contributed by atoms with Gasteiger partial charge in [-0.15, -0.1) is 11.3 Å². The molecule has 1 aliphatic rings. The number of allylic oxidation sites excluding steroid dienone is 4. The van der Waals surface area contributed by atoms with E-state index >= 15 is 0 Å². The van der Waals surface area contributed by atoms with Crippen LogP contribution in [0.3, 0.4) is 0 Å². The molecule has 4 rings (SSSR count). The number of rotatable bonds is 12. The summed E-state index contributed by atoms with van der Waals surface area (Å²) in [6.45, 7) is 8.51. The minimum absolute atomic E-state index is 0.0654. The number of unbranched alkanes of at least 4 members (excludes halogenated alkanes) is 1. The summed E-state index contributed by atoms with van der Waals surface area (Å²) >= 11 is 1.60. The van der Waals surface area contributed by atoms with Crippen molar-refractivity contribution in [2.45, 2.75) is 72.6 Å². The lowest BCUT2D eigenvalue weighted by Crippen LogP contribution is -2.27. The fraction of sp³-hybridized carbons (Fsp3) is 0.371. The highest BCUT2D eigenvalue weighted by atomic mass is 32.1. The van der Waals surface area contributed by atoms with Crippen LogP contribution >= 0.6 is 11.3 Å². The third-order valence-electron chi connectivity index (χ3n) is 7.81. The average molecular weight is 599 g/mol. The molecule has 0 bridgehead atoms. The molecule has 1 aromatic carbocycles. The fourth-order valence-corrected chi connectivity index (χ4v) is 6.32. The van der Waals surface area contributed by atoms with E-state index in [1.165, 1.54) is 29.5 Å². The van der Waals surface area contributed by atoms with Crippen LogP contribution in [0.25, 0.3) is 5.57 Å². The zero-order valence-electron chi connectivity index (χ0n) is 25.9. The number of Topliss-reactive ketones (excluding diaryl/α,β-unsaturated/α-hetero) is 1. The highest BCUT2D eigenvalue weighted by Crippen LogP contribution is 2.32. The molecule has 0 atom stereocenters. The lowest BCUT2D eigenvalue weighted by molar-refractivity contribution is -0.115. The maximum Gasteiger partial charge on any atom is 0.265 e. The Morgan fingerprint density at radius 3 is 2.53 bits per heavy atom. The minimum atomic E-state index is -0.0923. The maximum absolute atomic E-state index is 13.2. The van der Waals surface area contributed by atoms with E-state index in [0.29, 0.717) is 30.0 Å². The molecule has 3 aromatic rings. The number of aromatic nitrogens is 1. The molecule has 1 aliphatic carbocycles. The molecule has 2 heterocycles. The molecule has 0 saturated heterocycles. The Bertz CT molecular complexity index is 1510. The van der Waals surface area contributed by atoms with Gasteiger partial charge in [-0.2, -0.15) is 0 Å². The van der Waals surface area contributed by atoms with E-state index in [0.717, 1.165) is 52.9 Å². The van der Waals surface area contributed by atoms with E-state index < -0.39 is 0 Å². The van der Waals surface area contributed by atoms with Crippen molar-refractivity contribution in [3.8, 4) is 0 Å². The summed E-state index contributed by atoms with van der Waals surface area (Å²) in [7, 11) is 1.79. The quantitative estimate of drug-likeness (QED) is 0.164. The van der Waals surface area contributed by atoms with E-state index in [2.05, 4.69) is 22.5 Å². The highest BCUT2D eigenvalue weighted by Gasteiger charge is 2.19. The van der Waals surface area contributed by atoms with Gasteiger partial charge in [-0.05, 0) is 98.6 Å². The molecule has 0 saturated carbocycles. The second-order valence-corrected chi connectivity index (χ2v) is 12.1. The molecular weight excluding hydrogens is 556 g/mol. The van der Waals surface area contributed by atoms with Crippen LogP contribution in [-0.2, 0) is 17.6 Å². The largest absolute Gasteiger partial charge is 0.342 e. The lowest BCUT2D eigenvalue weighted by atomic mass is 9.97. The molecule has 226 valence electrons. The first kappa shape index (κ1) is 31.9. The summed E-state index contributed by atoms with van der Waals surface area (Å²) in [6.07, 6.45) is 12.1. The van der Waals surface area contributed by atoms with Gasteiger partial charge in [0, 0.05) is 36.8 Å². The van der Waals surface area contributed by atoms with Gasteiger partial charge in [0.2, 0.25) is 0 Å². The van der Waals surface area contributed by atoms with Crippen molar-refractivity contribution in [1.29, 1.82) is 0 Å². The van der Waals surface area contributed by atoms with Crippen molar-refractivity contribution in [3.05, 3.63) is 92.5 Å². The first-order valence-corrected chi connectivity index (χ1v) is 16.0. The number of hydrogen-bond acceptors (Lipinski definition) is 6. The highest BCUT2D eigenvalue weighted by molar-refractivity contribution is 7.14. The van der Waals surface area contributed by atoms with Crippen LogP contribution in [0.2, 0.25) is 0 Å². The molecule has 0 spiro atoms. The van der Waals surface area contributed by atoms with Crippen LogP contribution in [-0.4, -0.2) is 41.1 Å². The average Bonchev–Trinajstić information content (AvgIpc) is 3.47. The van der Waals surface area contributed by atoms with E-state index in [1.807, 2.05) is 57.2 Å². The number of hydrogen-bond donors (Lipinski definition) is 2. The summed E-state index contributed by atoms with van der Waals surface area (Å²) in [5.74, 6) is 0.243. The van der Waals surface area contributed by atoms with E-state index in [1.54, 1.807) is 35.4 Å². The van der Waals surface area contributed by atoms with Gasteiger partial charge in [-0.3, -0.25) is 14.4 Å². The van der Waals surface area contributed by atoms with Gasteiger partial charge in [0.15, 0.2) is 5.78 Å². The second kappa shape index (κ2) is 14.9. The summed E-state index contributed by atoms with van der Waals surface area (Å²) in [4.78, 5) is 47.1. The molecule has 2 aromatic heterocycles. The van der Waals surface area contributed by atoms with Crippen molar-refractivity contribution in [1.82, 2.24) is 9.88 Å². The fourth-order valence-electron chi connectivity index (χ4n) is 5.17. The van der Waals surface area contributed by atoms with Gasteiger partial charge in [-0.1, -0.05) is 38.5 Å². The number of carbonyl (C=O) groups excluding carboxylic acids is 3. The Labute approximate surface area is 259 Å². The normalized spacial score (nSPS) is 13.3. The summed E-state index contributed by atoms with van der Waals surface area (Å²) in [5, 5.41) is 6.29. The smallest absolute Gasteiger partial charge is 0.265 e. The number of amides is 2. The number of nitrogens with one attached hydrogen (secondary N) is 2. The topological polar surface area (TPSA) is 91.4 Å². The molecule has 0 fully saturated rings. The Kier molecular flexibility index (Phi) is 11.1. The lowest BCUT2D eigenvalue weighted by Gasteiger charge is -2.17. The predicted molar refractivity (Wildman–Crippen MR) is 177 cm³/mol. The standard InChI is InChI=1S/C35H42N4O3S/c1-6-9-19-39(5)35(42)26-17-18-33(36-22-26)37-29(30(40)8-3)20-24(7-2)27-14-12-15-28(23(27)4)38-34(41)32-21-25-13-10-11-16-31(25)43-32/h7,12,14-15,17-18,20-22H,6,8-11,13,16,19H2,1-5H3,(H,36,37)(H,38,41)/b24-7+,29-20+. The van der Waals surface area contributed by atoms with Crippen molar-refractivity contribution in [2.75, 3.05) is 24.2 Å². The van der Waals surface area contributed by atoms with Crippen molar-refractivity contribution < 1.29 is 14.4 Å². The Hall–Kier alpha value is -4.04. The van der Waals surface area contributed by atoms with Crippen LogP contribution in [0.1, 0.15) is 94.5 Å². The first-order valence-electron chi connectivity index (χ1n) is 15.2. The van der Waals surface area contributed by atoms with E-state index in [4.69, 9.17) is 0 Å². The second-order valence-electron chi connectivity index (χ2n) is 10.9. The van der Waals surface area contributed by atoms with Crippen LogP contribution in [0, 0.1) is 6.92 Å². The number of carbonyl (C=O) groups is 3. The van der Waals surface area contributed by atoms with Crippen molar-refractivity contribution in [2.24, 2.45) is 0 Å². The zero-order valence-corrected chi connectivity index (χ0v) is 26.7. The molecular formula is C35H42N4O3S. The van der Waals surface area contributed by atoms with Crippen LogP contribution in [0.15, 0.2) is 60.4 Å². The zero-order chi connectivity index (χ0) is 30.9. The van der Waals surface area contributed by atoms with Crippen LogP contribution in [0.5, 0.6) is 0 Å². The van der Waals surface area contributed by atoms with Gasteiger partial charge < -0.3 is 15.5 Å². The van der Waals surface area contributed by atoms with E-state index in [-0.39, 0.29) is 17.6 Å². The summed E-state index contributed by atoms with van der Waals surface area (Å²) in [6, 6.07) is 11.3. The number of ketones is 1. The minimum Gasteiger partial charge on any atom is -0.342 e. The van der Waals surface area contributed by atoms with Gasteiger partial charge in [0.05, 0.1) is 16.1 Å². The molecule has 8 heteroatoms. The third-order valence-corrected chi connectivity index (χ3v) is 9.05. The van der Waals surface area contributed by atoms with Gasteiger partial charge in [0.25, 0.3) is 11.8 Å². The van der Waals surface area contributed by atoms with E-state index in [9.17, 15) is 14.4 Å². The van der Waals surface area contributed by atoms with Crippen LogP contribution < -0.4 is 10.6 Å². The van der Waals surface area contributed by atoms with Crippen molar-refractivity contribution in [3.63, 3.8) is 0 Å². The molecule has 2 N–H and O–H groups in total. The number of anilines is 2. The molecule has 43 heavy (non-hydrogen) atoms. The first-order chi connectivity index (χ1) is 20.7. The van der Waals surface area contributed by atoms with Gasteiger partial charge >= 0.3 is 0 Å². The number of nitrogens with zero attached hydrogens (tertiary/aromatic N) is 2. The molecule has 0 radical (unpaired) electrons. The number of aryl methyl sites for hydroxylation is 2. The van der Waals surface area contributed by atoms with Crippen LogP contribution in [0.4, 0.5) is 11.5 Å². The van der Waals surface area contributed by atoms with Crippen molar-refractivity contribution >= 4 is 46.0 Å². The monoisotopic (exact) mass is 598 g/mol. The third kappa shape index (κ3) is 7.87. The summed E-state index contributed by atoms with van der Waals surface area (Å²) < 4.78 is 0. The Morgan fingerprint density at radius 2 is 1.86 bits per heavy atom. The number of pyridine rings is 1. The number of thiophene rings is 1. The molecule has 0 unspecified atom stereocenters. The molecule has 2 amide bonds. The SMILES string of the molecule is C/C=C(\C=C(\Nc1ccc(C(=O)N(C)CCCC)cn1)C(=O)CC)c1cccc(NC(=O)c2cc3c(s2)CCCC3)c1C. The molecule has 7 nitrogen and oxygen atoms in total. The Morgan fingerprint density at radius 1 is 1.07 bits per heavy atom. The maximum atomic E-state index is 13.2. The Balaban J connectivity index is 1.54.